The zero-order chi connectivity index (χ0) is 13.1. The first kappa shape index (κ1) is 16.5. The van der Waals surface area contributed by atoms with Gasteiger partial charge in [-0.25, -0.2) is 0 Å². The molecule has 0 aromatic carbocycles. The van der Waals surface area contributed by atoms with Crippen molar-refractivity contribution >= 4 is 15.0 Å². The molecule has 6 nitrogen and oxygen atoms in total. The molecule has 0 aliphatic heterocycles. The molecule has 0 spiro atoms. The molecular formula is C10H23NO5Si. The zero-order valence-corrected chi connectivity index (χ0v) is 11.9. The standard InChI is InChI=1S/C10H23NO5Si/c1-4-13-17(14-5-2,15-6-3)16-10(12)8-7-9-11/h4-9,11H2,1-3H3. The van der Waals surface area contributed by atoms with E-state index in [1.165, 1.54) is 0 Å². The molecule has 0 heterocycles. The van der Waals surface area contributed by atoms with E-state index < -0.39 is 15.0 Å². The average molecular weight is 265 g/mol. The highest BCUT2D eigenvalue weighted by atomic mass is 28.4. The third-order valence-corrected chi connectivity index (χ3v) is 4.19. The van der Waals surface area contributed by atoms with Crippen molar-refractivity contribution in [1.29, 1.82) is 0 Å². The van der Waals surface area contributed by atoms with Gasteiger partial charge in [0.2, 0.25) is 0 Å². The molecule has 0 aromatic heterocycles. The van der Waals surface area contributed by atoms with Gasteiger partial charge in [-0.15, -0.1) is 0 Å². The highest BCUT2D eigenvalue weighted by molar-refractivity contribution is 6.55. The lowest BCUT2D eigenvalue weighted by atomic mass is 10.3. The van der Waals surface area contributed by atoms with E-state index in [4.69, 9.17) is 23.4 Å². The fourth-order valence-electron chi connectivity index (χ4n) is 1.18. The molecule has 0 radical (unpaired) electrons. The predicted molar refractivity (Wildman–Crippen MR) is 65.0 cm³/mol. The van der Waals surface area contributed by atoms with Crippen LogP contribution < -0.4 is 5.73 Å². The Balaban J connectivity index is 4.46. The van der Waals surface area contributed by atoms with Crippen molar-refractivity contribution in [3.63, 3.8) is 0 Å². The molecule has 0 bridgehead atoms. The fraction of sp³-hybridized carbons (Fsp3) is 0.900. The van der Waals surface area contributed by atoms with Gasteiger partial charge in [-0.3, -0.25) is 4.79 Å². The normalized spacial score (nSPS) is 11.5. The van der Waals surface area contributed by atoms with Crippen LogP contribution in [0.4, 0.5) is 0 Å². The van der Waals surface area contributed by atoms with E-state index in [0.717, 1.165) is 0 Å². The summed E-state index contributed by atoms with van der Waals surface area (Å²) < 4.78 is 21.4. The molecule has 17 heavy (non-hydrogen) atoms. The predicted octanol–water partition coefficient (Wildman–Crippen LogP) is 0.814. The molecule has 2 N–H and O–H groups in total. The van der Waals surface area contributed by atoms with Gasteiger partial charge in [0.15, 0.2) is 0 Å². The second-order valence-electron chi connectivity index (χ2n) is 3.17. The van der Waals surface area contributed by atoms with E-state index in [1.54, 1.807) is 20.8 Å². The minimum absolute atomic E-state index is 0.248. The van der Waals surface area contributed by atoms with Crippen LogP contribution in [-0.4, -0.2) is 41.4 Å². The lowest BCUT2D eigenvalue weighted by Gasteiger charge is -2.25. The molecule has 0 aliphatic rings. The monoisotopic (exact) mass is 265 g/mol. The van der Waals surface area contributed by atoms with Gasteiger partial charge >= 0.3 is 9.05 Å². The molecule has 0 amide bonds. The Morgan fingerprint density at radius 3 is 1.88 bits per heavy atom. The number of nitrogens with two attached hydrogens (primary N) is 1. The summed E-state index contributed by atoms with van der Waals surface area (Å²) in [4.78, 5) is 11.6. The van der Waals surface area contributed by atoms with Crippen LogP contribution in [0.5, 0.6) is 0 Å². The second kappa shape index (κ2) is 9.55. The van der Waals surface area contributed by atoms with Crippen LogP contribution in [0, 0.1) is 0 Å². The molecule has 0 saturated carbocycles. The van der Waals surface area contributed by atoms with Crippen molar-refractivity contribution in [3.8, 4) is 0 Å². The van der Waals surface area contributed by atoms with E-state index in [-0.39, 0.29) is 6.42 Å². The molecular weight excluding hydrogens is 242 g/mol. The topological polar surface area (TPSA) is 80.0 Å². The van der Waals surface area contributed by atoms with Gasteiger partial charge in [-0.1, -0.05) is 0 Å². The summed E-state index contributed by atoms with van der Waals surface area (Å²) in [6.45, 7) is 6.96. The first-order valence-corrected chi connectivity index (χ1v) is 7.61. The first-order chi connectivity index (χ1) is 8.14. The molecule has 0 unspecified atom stereocenters. The SMILES string of the molecule is CCO[Si](OCC)(OCC)OC(=O)CCCN. The van der Waals surface area contributed by atoms with E-state index in [2.05, 4.69) is 0 Å². The Labute approximate surface area is 104 Å². The van der Waals surface area contributed by atoms with Gasteiger partial charge in [0.1, 0.15) is 0 Å². The van der Waals surface area contributed by atoms with Gasteiger partial charge < -0.3 is 23.4 Å². The van der Waals surface area contributed by atoms with Crippen molar-refractivity contribution in [2.75, 3.05) is 26.4 Å². The van der Waals surface area contributed by atoms with Crippen molar-refractivity contribution < 1.29 is 22.5 Å². The molecule has 0 fully saturated rings. The third kappa shape index (κ3) is 6.74. The van der Waals surface area contributed by atoms with E-state index >= 15 is 0 Å². The summed E-state index contributed by atoms with van der Waals surface area (Å²) in [5.74, 6) is -0.391. The second-order valence-corrected chi connectivity index (χ2v) is 5.24. The van der Waals surface area contributed by atoms with Gasteiger partial charge in [-0.05, 0) is 33.7 Å². The summed E-state index contributed by atoms with van der Waals surface area (Å²) in [6, 6.07) is 0. The number of hydrogen-bond acceptors (Lipinski definition) is 6. The smallest absolute Gasteiger partial charge is 0.452 e. The van der Waals surface area contributed by atoms with Crippen molar-refractivity contribution in [2.24, 2.45) is 5.73 Å². The number of carbonyl (C=O) groups is 1. The van der Waals surface area contributed by atoms with Crippen LogP contribution in [0.1, 0.15) is 33.6 Å². The Morgan fingerprint density at radius 1 is 1.06 bits per heavy atom. The maximum absolute atomic E-state index is 11.6. The summed E-state index contributed by atoms with van der Waals surface area (Å²) in [5, 5.41) is 0. The number of rotatable bonds is 10. The number of carbonyl (C=O) groups excluding carboxylic acids is 1. The van der Waals surface area contributed by atoms with Crippen LogP contribution >= 0.6 is 0 Å². The van der Waals surface area contributed by atoms with Crippen molar-refractivity contribution in [2.45, 2.75) is 33.6 Å². The van der Waals surface area contributed by atoms with Crippen LogP contribution in [0.25, 0.3) is 0 Å². The maximum Gasteiger partial charge on any atom is 0.751 e. The molecule has 0 atom stereocenters. The molecule has 0 aliphatic carbocycles. The Morgan fingerprint density at radius 2 is 1.53 bits per heavy atom. The quantitative estimate of drug-likeness (QED) is 0.589. The average Bonchev–Trinajstić information content (AvgIpc) is 2.27. The van der Waals surface area contributed by atoms with Crippen LogP contribution in [0.15, 0.2) is 0 Å². The van der Waals surface area contributed by atoms with Crippen molar-refractivity contribution in [1.82, 2.24) is 0 Å². The highest BCUT2D eigenvalue weighted by Gasteiger charge is 2.49. The van der Waals surface area contributed by atoms with E-state index in [0.29, 0.717) is 32.8 Å². The van der Waals surface area contributed by atoms with Crippen LogP contribution in [0.2, 0.25) is 0 Å². The number of hydrogen-bond donors (Lipinski definition) is 1. The van der Waals surface area contributed by atoms with Gasteiger partial charge in [0.25, 0.3) is 5.97 Å². The largest absolute Gasteiger partial charge is 0.751 e. The van der Waals surface area contributed by atoms with Gasteiger partial charge in [-0.2, -0.15) is 0 Å². The molecule has 102 valence electrons. The molecule has 0 rings (SSSR count). The lowest BCUT2D eigenvalue weighted by Crippen LogP contribution is -2.50. The minimum atomic E-state index is -3.30. The third-order valence-electron chi connectivity index (χ3n) is 1.79. The van der Waals surface area contributed by atoms with Gasteiger partial charge in [0.05, 0.1) is 0 Å². The summed E-state index contributed by atoms with van der Waals surface area (Å²) in [6.07, 6.45) is 0.826. The molecule has 0 saturated heterocycles. The first-order valence-electron chi connectivity index (χ1n) is 5.97. The molecule has 0 aromatic rings. The van der Waals surface area contributed by atoms with Crippen LogP contribution in [0.3, 0.4) is 0 Å². The summed E-state index contributed by atoms with van der Waals surface area (Å²) >= 11 is 0. The Hall–Kier alpha value is -0.473. The summed E-state index contributed by atoms with van der Waals surface area (Å²) in [7, 11) is -3.30. The maximum atomic E-state index is 11.6. The molecule has 7 heteroatoms. The Bertz CT molecular complexity index is 198. The van der Waals surface area contributed by atoms with Crippen LogP contribution in [-0.2, 0) is 22.5 Å². The summed E-state index contributed by atoms with van der Waals surface area (Å²) in [5.41, 5.74) is 5.33. The highest BCUT2D eigenvalue weighted by Crippen LogP contribution is 2.13. The fourth-order valence-corrected chi connectivity index (χ4v) is 3.05. The zero-order valence-electron chi connectivity index (χ0n) is 10.9. The van der Waals surface area contributed by atoms with E-state index in [1.807, 2.05) is 0 Å². The van der Waals surface area contributed by atoms with E-state index in [9.17, 15) is 4.79 Å². The lowest BCUT2D eigenvalue weighted by molar-refractivity contribution is -0.144. The Kier molecular flexibility index (Phi) is 9.28. The van der Waals surface area contributed by atoms with Crippen molar-refractivity contribution in [3.05, 3.63) is 0 Å². The minimum Gasteiger partial charge on any atom is -0.452 e. The van der Waals surface area contributed by atoms with Gasteiger partial charge in [0, 0.05) is 26.2 Å².